The van der Waals surface area contributed by atoms with E-state index in [-0.39, 0.29) is 0 Å². The van der Waals surface area contributed by atoms with E-state index in [9.17, 15) is 9.59 Å². The van der Waals surface area contributed by atoms with E-state index in [0.29, 0.717) is 0 Å². The van der Waals surface area contributed by atoms with Crippen LogP contribution in [0, 0.1) is 0 Å². The zero-order valence-corrected chi connectivity index (χ0v) is 7.39. The summed E-state index contributed by atoms with van der Waals surface area (Å²) in [5.74, 6) is -2.17. The molecule has 0 unspecified atom stereocenters. The standard InChI is InChI=1S/C7H13NO5/c1-3(9)5(7(12)13)8-6(11)4(2)10/h3-5,9-10H,1-2H3,(H,8,11)(H,12,13)/t3-,4+,5+/m1/s1. The molecule has 6 heteroatoms. The van der Waals surface area contributed by atoms with Crippen molar-refractivity contribution in [2.45, 2.75) is 32.1 Å². The van der Waals surface area contributed by atoms with Crippen molar-refractivity contribution in [2.75, 3.05) is 0 Å². The van der Waals surface area contributed by atoms with Crippen molar-refractivity contribution in [3.8, 4) is 0 Å². The van der Waals surface area contributed by atoms with Gasteiger partial charge in [0.1, 0.15) is 6.10 Å². The molecule has 0 aromatic heterocycles. The minimum Gasteiger partial charge on any atom is -0.480 e. The minimum absolute atomic E-state index is 0.826. The molecule has 0 radical (unpaired) electrons. The van der Waals surface area contributed by atoms with Crippen LogP contribution >= 0.6 is 0 Å². The smallest absolute Gasteiger partial charge is 0.328 e. The Kier molecular flexibility index (Phi) is 4.36. The van der Waals surface area contributed by atoms with E-state index in [1.54, 1.807) is 0 Å². The Morgan fingerprint density at radius 3 is 1.92 bits per heavy atom. The molecular formula is C7H13NO5. The molecule has 0 aliphatic carbocycles. The molecule has 0 rings (SSSR count). The van der Waals surface area contributed by atoms with Crippen LogP contribution in [0.2, 0.25) is 0 Å². The average molecular weight is 191 g/mol. The number of carboxylic acids is 1. The predicted molar refractivity (Wildman–Crippen MR) is 42.9 cm³/mol. The molecule has 0 fully saturated rings. The number of carboxylic acid groups (broad SMARTS) is 1. The van der Waals surface area contributed by atoms with Crippen molar-refractivity contribution in [1.29, 1.82) is 0 Å². The Balaban J connectivity index is 4.27. The predicted octanol–water partition coefficient (Wildman–Crippen LogP) is -1.68. The van der Waals surface area contributed by atoms with Gasteiger partial charge < -0.3 is 20.6 Å². The minimum atomic E-state index is -1.39. The monoisotopic (exact) mass is 191 g/mol. The fourth-order valence-electron chi connectivity index (χ4n) is 0.663. The molecule has 4 N–H and O–H groups in total. The van der Waals surface area contributed by atoms with E-state index >= 15 is 0 Å². The fraction of sp³-hybridized carbons (Fsp3) is 0.714. The number of nitrogens with one attached hydrogen (secondary N) is 1. The zero-order chi connectivity index (χ0) is 10.6. The van der Waals surface area contributed by atoms with Crippen molar-refractivity contribution < 1.29 is 24.9 Å². The first-order chi connectivity index (χ1) is 5.86. The van der Waals surface area contributed by atoms with Gasteiger partial charge >= 0.3 is 5.97 Å². The maximum atomic E-state index is 10.8. The Hall–Kier alpha value is -1.14. The lowest BCUT2D eigenvalue weighted by molar-refractivity contribution is -0.146. The lowest BCUT2D eigenvalue weighted by Gasteiger charge is -2.17. The van der Waals surface area contributed by atoms with Crippen molar-refractivity contribution >= 4 is 11.9 Å². The van der Waals surface area contributed by atoms with Crippen LogP contribution in [0.3, 0.4) is 0 Å². The Bertz CT molecular complexity index is 201. The Labute approximate surface area is 75.2 Å². The summed E-state index contributed by atoms with van der Waals surface area (Å²) in [6.45, 7) is 2.44. The number of aliphatic hydroxyl groups excluding tert-OH is 2. The van der Waals surface area contributed by atoms with Gasteiger partial charge in [-0.3, -0.25) is 4.79 Å². The summed E-state index contributed by atoms with van der Waals surface area (Å²) < 4.78 is 0. The number of carbonyl (C=O) groups excluding carboxylic acids is 1. The van der Waals surface area contributed by atoms with Crippen LogP contribution in [-0.4, -0.2) is 45.4 Å². The summed E-state index contributed by atoms with van der Waals surface area (Å²) in [6.07, 6.45) is -2.50. The molecule has 0 saturated carbocycles. The first-order valence-electron chi connectivity index (χ1n) is 3.75. The fourth-order valence-corrected chi connectivity index (χ4v) is 0.663. The normalized spacial score (nSPS) is 17.2. The second-order valence-electron chi connectivity index (χ2n) is 2.74. The highest BCUT2D eigenvalue weighted by atomic mass is 16.4. The molecule has 0 heterocycles. The summed E-state index contributed by atoms with van der Waals surface area (Å²) in [7, 11) is 0. The van der Waals surface area contributed by atoms with Gasteiger partial charge in [0.25, 0.3) is 0 Å². The summed E-state index contributed by atoms with van der Waals surface area (Å²) in [5.41, 5.74) is 0. The van der Waals surface area contributed by atoms with E-state index in [4.69, 9.17) is 15.3 Å². The van der Waals surface area contributed by atoms with Crippen LogP contribution in [0.4, 0.5) is 0 Å². The van der Waals surface area contributed by atoms with Crippen LogP contribution in [0.1, 0.15) is 13.8 Å². The van der Waals surface area contributed by atoms with E-state index < -0.39 is 30.1 Å². The van der Waals surface area contributed by atoms with Crippen molar-refractivity contribution in [2.24, 2.45) is 0 Å². The molecule has 0 aliphatic rings. The third kappa shape index (κ3) is 3.86. The topological polar surface area (TPSA) is 107 Å². The molecule has 3 atom stereocenters. The first kappa shape index (κ1) is 11.9. The number of rotatable bonds is 4. The number of hydrogen-bond acceptors (Lipinski definition) is 4. The van der Waals surface area contributed by atoms with Crippen molar-refractivity contribution in [3.05, 3.63) is 0 Å². The molecule has 0 aliphatic heterocycles. The van der Waals surface area contributed by atoms with Crippen molar-refractivity contribution in [1.82, 2.24) is 5.32 Å². The lowest BCUT2D eigenvalue weighted by atomic mass is 10.2. The van der Waals surface area contributed by atoms with Gasteiger partial charge in [0.15, 0.2) is 6.04 Å². The highest BCUT2D eigenvalue weighted by molar-refractivity contribution is 5.86. The first-order valence-corrected chi connectivity index (χ1v) is 3.75. The number of aliphatic hydroxyl groups is 2. The van der Waals surface area contributed by atoms with E-state index in [1.807, 2.05) is 5.32 Å². The molecule has 76 valence electrons. The van der Waals surface area contributed by atoms with Gasteiger partial charge in [-0.05, 0) is 13.8 Å². The molecule has 0 spiro atoms. The molecule has 1 amide bonds. The number of aliphatic carboxylic acids is 1. The molecule has 0 saturated heterocycles. The van der Waals surface area contributed by atoms with Crippen molar-refractivity contribution in [3.63, 3.8) is 0 Å². The zero-order valence-electron chi connectivity index (χ0n) is 7.39. The van der Waals surface area contributed by atoms with Gasteiger partial charge in [-0.2, -0.15) is 0 Å². The number of hydrogen-bond donors (Lipinski definition) is 4. The molecule has 0 bridgehead atoms. The largest absolute Gasteiger partial charge is 0.480 e. The van der Waals surface area contributed by atoms with Gasteiger partial charge in [-0.15, -0.1) is 0 Å². The summed E-state index contributed by atoms with van der Waals surface area (Å²) in [6, 6.07) is -1.39. The molecular weight excluding hydrogens is 178 g/mol. The second kappa shape index (κ2) is 4.78. The van der Waals surface area contributed by atoms with Crippen LogP contribution < -0.4 is 5.32 Å². The van der Waals surface area contributed by atoms with Gasteiger partial charge in [0.2, 0.25) is 5.91 Å². The summed E-state index contributed by atoms with van der Waals surface area (Å²) in [4.78, 5) is 21.3. The van der Waals surface area contributed by atoms with Gasteiger partial charge in [-0.1, -0.05) is 0 Å². The summed E-state index contributed by atoms with van der Waals surface area (Å²) in [5, 5.41) is 28.2. The maximum absolute atomic E-state index is 10.8. The van der Waals surface area contributed by atoms with Crippen LogP contribution in [0.15, 0.2) is 0 Å². The molecule has 0 aromatic rings. The highest BCUT2D eigenvalue weighted by Crippen LogP contribution is 1.94. The molecule has 13 heavy (non-hydrogen) atoms. The average Bonchev–Trinajstić information content (AvgIpc) is 1.97. The third-order valence-corrected chi connectivity index (χ3v) is 1.43. The molecule has 6 nitrogen and oxygen atoms in total. The number of carbonyl (C=O) groups is 2. The van der Waals surface area contributed by atoms with Gasteiger partial charge in [-0.25, -0.2) is 4.79 Å². The Morgan fingerprint density at radius 2 is 1.69 bits per heavy atom. The summed E-state index contributed by atoms with van der Waals surface area (Å²) >= 11 is 0. The molecule has 0 aromatic carbocycles. The Morgan fingerprint density at radius 1 is 1.23 bits per heavy atom. The van der Waals surface area contributed by atoms with Crippen LogP contribution in [0.25, 0.3) is 0 Å². The highest BCUT2D eigenvalue weighted by Gasteiger charge is 2.26. The number of amides is 1. The maximum Gasteiger partial charge on any atom is 0.328 e. The quantitative estimate of drug-likeness (QED) is 0.424. The third-order valence-electron chi connectivity index (χ3n) is 1.43. The van der Waals surface area contributed by atoms with E-state index in [1.165, 1.54) is 13.8 Å². The van der Waals surface area contributed by atoms with Gasteiger partial charge in [0.05, 0.1) is 6.10 Å². The van der Waals surface area contributed by atoms with E-state index in [0.717, 1.165) is 0 Å². The SMILES string of the molecule is C[C@H](O)C(=O)N[C@H](C(=O)O)[C@@H](C)O. The second-order valence-corrected chi connectivity index (χ2v) is 2.74. The van der Waals surface area contributed by atoms with Crippen LogP contribution in [-0.2, 0) is 9.59 Å². The van der Waals surface area contributed by atoms with Crippen LogP contribution in [0.5, 0.6) is 0 Å². The van der Waals surface area contributed by atoms with E-state index in [2.05, 4.69) is 0 Å². The van der Waals surface area contributed by atoms with Gasteiger partial charge in [0, 0.05) is 0 Å². The lowest BCUT2D eigenvalue weighted by Crippen LogP contribution is -2.50.